The Morgan fingerprint density at radius 3 is 2.22 bits per heavy atom. The van der Waals surface area contributed by atoms with Crippen molar-refractivity contribution in [2.75, 3.05) is 11.9 Å². The minimum atomic E-state index is -0.661. The molecule has 8 heteroatoms. The topological polar surface area (TPSA) is 101 Å². The maximum absolute atomic E-state index is 13.1. The highest BCUT2D eigenvalue weighted by Gasteiger charge is 2.37. The lowest BCUT2D eigenvalue weighted by atomic mass is 9.83. The monoisotopic (exact) mass is 494 g/mol. The molecule has 0 atom stereocenters. The lowest BCUT2D eigenvalue weighted by Crippen LogP contribution is -2.36. The molecule has 3 amide bonds. The van der Waals surface area contributed by atoms with Crippen LogP contribution in [-0.4, -0.2) is 40.1 Å². The van der Waals surface area contributed by atoms with E-state index in [0.717, 1.165) is 22.2 Å². The number of amides is 3. The van der Waals surface area contributed by atoms with Crippen LogP contribution in [0.5, 0.6) is 0 Å². The molecule has 1 aliphatic heterocycles. The summed E-state index contributed by atoms with van der Waals surface area (Å²) in [6.45, 7) is -0.521. The van der Waals surface area contributed by atoms with Gasteiger partial charge in [0.1, 0.15) is 6.54 Å². The summed E-state index contributed by atoms with van der Waals surface area (Å²) < 4.78 is 0. The van der Waals surface area contributed by atoms with Crippen LogP contribution in [0.3, 0.4) is 0 Å². The van der Waals surface area contributed by atoms with Gasteiger partial charge in [-0.15, -0.1) is 0 Å². The van der Waals surface area contributed by atoms with E-state index in [4.69, 9.17) is 0 Å². The van der Waals surface area contributed by atoms with E-state index in [1.807, 2.05) is 30.3 Å². The summed E-state index contributed by atoms with van der Waals surface area (Å²) in [4.78, 5) is 65.0. The molecule has 1 N–H and O–H groups in total. The Hall–Kier alpha value is -4.56. The van der Waals surface area contributed by atoms with Crippen molar-refractivity contribution in [2.45, 2.75) is 0 Å². The summed E-state index contributed by atoms with van der Waals surface area (Å²) in [5.74, 6) is -1.93. The lowest BCUT2D eigenvalue weighted by Gasteiger charge is -2.20. The normalized spacial score (nSPS) is 16.0. The van der Waals surface area contributed by atoms with Crippen molar-refractivity contribution in [1.82, 2.24) is 4.90 Å². The van der Waals surface area contributed by atoms with E-state index in [0.29, 0.717) is 5.56 Å². The number of anilines is 1. The molecule has 176 valence electrons. The van der Waals surface area contributed by atoms with Crippen LogP contribution in [0.4, 0.5) is 10.5 Å². The first kappa shape index (κ1) is 23.2. The molecule has 0 aromatic heterocycles. The number of fused-ring (bicyclic) bond motifs is 2. The Morgan fingerprint density at radius 1 is 0.806 bits per heavy atom. The zero-order valence-electron chi connectivity index (χ0n) is 18.8. The van der Waals surface area contributed by atoms with Crippen LogP contribution >= 0.6 is 11.8 Å². The Kier molecular flexibility index (Phi) is 6.18. The average Bonchev–Trinajstić information content (AvgIpc) is 3.15. The fourth-order valence-corrected chi connectivity index (χ4v) is 4.83. The van der Waals surface area contributed by atoms with Crippen LogP contribution in [0, 0.1) is 0 Å². The minimum absolute atomic E-state index is 0.0923. The summed E-state index contributed by atoms with van der Waals surface area (Å²) in [6.07, 6.45) is 5.00. The number of thioether (sulfide) groups is 1. The fraction of sp³-hybridized carbons (Fsp3) is 0.0357. The molecule has 1 aliphatic carbocycles. The predicted molar refractivity (Wildman–Crippen MR) is 137 cm³/mol. The van der Waals surface area contributed by atoms with Crippen molar-refractivity contribution in [3.05, 3.63) is 118 Å². The van der Waals surface area contributed by atoms with E-state index in [-0.39, 0.29) is 38.8 Å². The molecule has 0 radical (unpaired) electrons. The van der Waals surface area contributed by atoms with Gasteiger partial charge in [-0.05, 0) is 29.5 Å². The van der Waals surface area contributed by atoms with Crippen molar-refractivity contribution >= 4 is 52.1 Å². The largest absolute Gasteiger partial charge is 0.324 e. The number of hydrogen-bond acceptors (Lipinski definition) is 6. The highest BCUT2D eigenvalue weighted by Crippen LogP contribution is 2.33. The van der Waals surface area contributed by atoms with Crippen molar-refractivity contribution in [3.8, 4) is 0 Å². The first-order valence-electron chi connectivity index (χ1n) is 11.0. The molecule has 7 nitrogen and oxygen atoms in total. The van der Waals surface area contributed by atoms with Gasteiger partial charge < -0.3 is 5.32 Å². The number of hydrogen-bond donors (Lipinski definition) is 1. The molecule has 3 aromatic carbocycles. The molecule has 0 bridgehead atoms. The number of ketones is 2. The fourth-order valence-electron chi connectivity index (χ4n) is 4.04. The van der Waals surface area contributed by atoms with Gasteiger partial charge in [-0.25, -0.2) is 0 Å². The van der Waals surface area contributed by atoms with E-state index in [1.54, 1.807) is 42.5 Å². The van der Waals surface area contributed by atoms with E-state index < -0.39 is 23.6 Å². The van der Waals surface area contributed by atoms with E-state index >= 15 is 0 Å². The zero-order chi connectivity index (χ0) is 25.2. The van der Waals surface area contributed by atoms with Gasteiger partial charge in [-0.2, -0.15) is 0 Å². The molecule has 5 rings (SSSR count). The first-order chi connectivity index (χ1) is 17.4. The van der Waals surface area contributed by atoms with Gasteiger partial charge >= 0.3 is 0 Å². The Balaban J connectivity index is 1.32. The number of benzene rings is 3. The maximum Gasteiger partial charge on any atom is 0.294 e. The SMILES string of the molecule is O=C(CN1C(=O)SC(=CC=Cc2ccccc2)C1=O)Nc1cccc2c1C(=O)c1ccccc1C2=O. The Labute approximate surface area is 210 Å². The molecule has 0 unspecified atom stereocenters. The summed E-state index contributed by atoms with van der Waals surface area (Å²) in [5, 5.41) is 2.03. The number of carbonyl (C=O) groups is 5. The quantitative estimate of drug-likeness (QED) is 0.404. The third-order valence-corrected chi connectivity index (χ3v) is 6.66. The number of allylic oxidation sites excluding steroid dienone is 2. The second-order valence-corrected chi connectivity index (χ2v) is 9.03. The second-order valence-electron chi connectivity index (χ2n) is 8.04. The molecular formula is C28H18N2O5S. The van der Waals surface area contributed by atoms with Crippen molar-refractivity contribution < 1.29 is 24.0 Å². The van der Waals surface area contributed by atoms with Crippen LogP contribution in [0.25, 0.3) is 6.08 Å². The standard InChI is InChI=1S/C28H18N2O5S/c31-23(16-30-27(34)22(36-28(30)35)15-6-10-17-8-2-1-3-9-17)29-21-14-7-13-20-24(21)26(33)19-12-5-4-11-18(19)25(20)32/h1-15H,16H2,(H,29,31). The molecule has 1 heterocycles. The van der Waals surface area contributed by atoms with Crippen molar-refractivity contribution in [2.24, 2.45) is 0 Å². The van der Waals surface area contributed by atoms with Crippen LogP contribution < -0.4 is 5.32 Å². The number of rotatable bonds is 5. The van der Waals surface area contributed by atoms with Gasteiger partial charge in [0.2, 0.25) is 5.91 Å². The van der Waals surface area contributed by atoms with Crippen molar-refractivity contribution in [1.29, 1.82) is 0 Å². The maximum atomic E-state index is 13.1. The molecule has 0 spiro atoms. The smallest absolute Gasteiger partial charge is 0.294 e. The average molecular weight is 495 g/mol. The number of nitrogens with zero attached hydrogens (tertiary/aromatic N) is 1. The number of imide groups is 1. The molecular weight excluding hydrogens is 476 g/mol. The number of nitrogens with one attached hydrogen (secondary N) is 1. The zero-order valence-corrected chi connectivity index (χ0v) is 19.6. The summed E-state index contributed by atoms with van der Waals surface area (Å²) in [5.41, 5.74) is 1.94. The van der Waals surface area contributed by atoms with E-state index in [9.17, 15) is 24.0 Å². The van der Waals surface area contributed by atoms with Crippen LogP contribution in [-0.2, 0) is 9.59 Å². The lowest BCUT2D eigenvalue weighted by molar-refractivity contribution is -0.127. The Bertz CT molecular complexity index is 1510. The predicted octanol–water partition coefficient (Wildman–Crippen LogP) is 4.69. The summed E-state index contributed by atoms with van der Waals surface area (Å²) >= 11 is 0.750. The molecule has 0 saturated carbocycles. The van der Waals surface area contributed by atoms with E-state index in [1.165, 1.54) is 18.2 Å². The highest BCUT2D eigenvalue weighted by atomic mass is 32.2. The molecule has 2 aliphatic rings. The van der Waals surface area contributed by atoms with Gasteiger partial charge in [0.25, 0.3) is 11.1 Å². The highest BCUT2D eigenvalue weighted by molar-refractivity contribution is 8.18. The van der Waals surface area contributed by atoms with Crippen LogP contribution in [0.2, 0.25) is 0 Å². The van der Waals surface area contributed by atoms with Gasteiger partial charge in [0.15, 0.2) is 11.6 Å². The molecule has 36 heavy (non-hydrogen) atoms. The first-order valence-corrected chi connectivity index (χ1v) is 11.8. The van der Waals surface area contributed by atoms with E-state index in [2.05, 4.69) is 5.32 Å². The summed E-state index contributed by atoms with van der Waals surface area (Å²) in [6, 6.07) is 20.6. The van der Waals surface area contributed by atoms with Crippen molar-refractivity contribution in [3.63, 3.8) is 0 Å². The van der Waals surface area contributed by atoms with Gasteiger partial charge in [0.05, 0.1) is 16.2 Å². The molecule has 3 aromatic rings. The minimum Gasteiger partial charge on any atom is -0.324 e. The molecule has 1 fully saturated rings. The van der Waals surface area contributed by atoms with Crippen LogP contribution in [0.15, 0.2) is 89.9 Å². The third kappa shape index (κ3) is 4.30. The van der Waals surface area contributed by atoms with Gasteiger partial charge in [-0.1, -0.05) is 78.9 Å². The van der Waals surface area contributed by atoms with Crippen LogP contribution in [0.1, 0.15) is 37.4 Å². The second kappa shape index (κ2) is 9.59. The van der Waals surface area contributed by atoms with Gasteiger partial charge in [0, 0.05) is 16.7 Å². The summed E-state index contributed by atoms with van der Waals surface area (Å²) in [7, 11) is 0. The molecule has 1 saturated heterocycles. The number of carbonyl (C=O) groups excluding carboxylic acids is 5. The Morgan fingerprint density at radius 2 is 1.47 bits per heavy atom. The third-order valence-electron chi connectivity index (χ3n) is 5.74. The van der Waals surface area contributed by atoms with Gasteiger partial charge in [-0.3, -0.25) is 28.9 Å².